The third-order valence-corrected chi connectivity index (χ3v) is 9.77. The number of esters is 1. The second-order valence-corrected chi connectivity index (χ2v) is 11.5. The summed E-state index contributed by atoms with van der Waals surface area (Å²) in [4.78, 5) is 25.0. The summed E-state index contributed by atoms with van der Waals surface area (Å²) in [7, 11) is 1.48. The highest BCUT2D eigenvalue weighted by atomic mass is 16.5. The number of hydrogen-bond donors (Lipinski definition) is 0. The molecule has 0 spiro atoms. The van der Waals surface area contributed by atoms with Crippen LogP contribution in [0.3, 0.4) is 0 Å². The maximum Gasteiger partial charge on any atom is 0.305 e. The van der Waals surface area contributed by atoms with Gasteiger partial charge in [0.2, 0.25) is 0 Å². The molecule has 0 amide bonds. The zero-order chi connectivity index (χ0) is 24.8. The summed E-state index contributed by atoms with van der Waals surface area (Å²) in [5.74, 6) is 3.48. The third kappa shape index (κ3) is 5.43. The monoisotopic (exact) mass is 460 g/mol. The molecule has 3 saturated carbocycles. The van der Waals surface area contributed by atoms with E-state index in [1.807, 2.05) is 13.8 Å². The van der Waals surface area contributed by atoms with Crippen molar-refractivity contribution in [3.8, 4) is 0 Å². The van der Waals surface area contributed by atoms with E-state index in [1.54, 1.807) is 0 Å². The highest BCUT2D eigenvalue weighted by Crippen LogP contribution is 2.67. The topological polar surface area (TPSA) is 43.4 Å². The lowest BCUT2D eigenvalue weighted by molar-refractivity contribution is -0.151. The minimum Gasteiger partial charge on any atom is -0.469 e. The van der Waals surface area contributed by atoms with Gasteiger partial charge in [-0.05, 0) is 85.4 Å². The van der Waals surface area contributed by atoms with E-state index in [-0.39, 0.29) is 17.3 Å². The highest BCUT2D eigenvalue weighted by molar-refractivity contribution is 5.83. The Labute approximate surface area is 204 Å². The van der Waals surface area contributed by atoms with Crippen LogP contribution < -0.4 is 0 Å². The van der Waals surface area contributed by atoms with Crippen molar-refractivity contribution < 1.29 is 14.3 Å². The first kappa shape index (κ1) is 28.1. The number of carbonyl (C=O) groups is 2. The number of methoxy groups -OCH3 is 1. The molecule has 4 aliphatic carbocycles. The second-order valence-electron chi connectivity index (χ2n) is 11.5. The summed E-state index contributed by atoms with van der Waals surface area (Å²) < 4.78 is 4.85. The van der Waals surface area contributed by atoms with Gasteiger partial charge < -0.3 is 4.74 Å². The van der Waals surface area contributed by atoms with Crippen LogP contribution >= 0.6 is 0 Å². The molecule has 0 heterocycles. The molecule has 4 aliphatic rings. The zero-order valence-electron chi connectivity index (χ0n) is 22.9. The van der Waals surface area contributed by atoms with Gasteiger partial charge in [0.05, 0.1) is 7.11 Å². The van der Waals surface area contributed by atoms with Gasteiger partial charge in [0, 0.05) is 18.8 Å². The van der Waals surface area contributed by atoms with Crippen LogP contribution in [0.4, 0.5) is 0 Å². The van der Waals surface area contributed by atoms with Crippen molar-refractivity contribution in [3.05, 3.63) is 12.2 Å². The largest absolute Gasteiger partial charge is 0.469 e. The molecule has 0 aliphatic heterocycles. The smallest absolute Gasteiger partial charge is 0.305 e. The Morgan fingerprint density at radius 3 is 2.36 bits per heavy atom. The number of carbonyl (C=O) groups excluding carboxylic acids is 2. The van der Waals surface area contributed by atoms with Crippen molar-refractivity contribution >= 4 is 11.8 Å². The van der Waals surface area contributed by atoms with Crippen LogP contribution in [0.15, 0.2) is 12.2 Å². The molecule has 0 aromatic heterocycles. The van der Waals surface area contributed by atoms with Gasteiger partial charge in [-0.2, -0.15) is 0 Å². The number of rotatable bonds is 4. The predicted molar refractivity (Wildman–Crippen MR) is 138 cm³/mol. The van der Waals surface area contributed by atoms with Gasteiger partial charge in [0.1, 0.15) is 5.78 Å². The molecule has 3 unspecified atom stereocenters. The molecule has 3 fully saturated rings. The van der Waals surface area contributed by atoms with E-state index >= 15 is 0 Å². The maximum absolute atomic E-state index is 13.3. The summed E-state index contributed by atoms with van der Waals surface area (Å²) in [6.45, 7) is 15.5. The van der Waals surface area contributed by atoms with Gasteiger partial charge in [-0.25, -0.2) is 0 Å². The summed E-state index contributed by atoms with van der Waals surface area (Å²) in [5, 5.41) is 0. The Morgan fingerprint density at radius 1 is 1.09 bits per heavy atom. The van der Waals surface area contributed by atoms with Gasteiger partial charge in [-0.15, -0.1) is 0 Å². The first-order valence-electron chi connectivity index (χ1n) is 14.0. The minimum atomic E-state index is -0.0953. The lowest BCUT2D eigenvalue weighted by atomic mass is 9.45. The first-order chi connectivity index (χ1) is 15.7. The molecule has 190 valence electrons. The van der Waals surface area contributed by atoms with Gasteiger partial charge in [0.15, 0.2) is 0 Å². The van der Waals surface area contributed by atoms with E-state index < -0.39 is 0 Å². The Balaban J connectivity index is 0.000000714. The summed E-state index contributed by atoms with van der Waals surface area (Å²) in [6.07, 6.45) is 15.4. The molecular formula is C30H52O3. The Hall–Kier alpha value is -1.12. The lowest BCUT2D eigenvalue weighted by Crippen LogP contribution is -2.55. The molecule has 8 atom stereocenters. The minimum absolute atomic E-state index is 0.0953. The quantitative estimate of drug-likeness (QED) is 0.315. The predicted octanol–water partition coefficient (Wildman–Crippen LogP) is 8.02. The van der Waals surface area contributed by atoms with E-state index in [0.29, 0.717) is 47.2 Å². The van der Waals surface area contributed by atoms with Crippen LogP contribution in [-0.2, 0) is 14.3 Å². The number of hydrogen-bond acceptors (Lipinski definition) is 3. The molecule has 4 rings (SSSR count). The van der Waals surface area contributed by atoms with Gasteiger partial charge >= 0.3 is 5.97 Å². The molecule has 0 aromatic carbocycles. The Morgan fingerprint density at radius 2 is 1.73 bits per heavy atom. The van der Waals surface area contributed by atoms with Crippen molar-refractivity contribution in [1.82, 2.24) is 0 Å². The number of allylic oxidation sites excluding steroid dienone is 2. The number of ether oxygens (including phenoxy) is 1. The number of ketones is 1. The van der Waals surface area contributed by atoms with Crippen molar-refractivity contribution in [1.29, 1.82) is 0 Å². The molecule has 0 aromatic rings. The van der Waals surface area contributed by atoms with Crippen molar-refractivity contribution in [2.75, 3.05) is 7.11 Å². The first-order valence-corrected chi connectivity index (χ1v) is 14.0. The van der Waals surface area contributed by atoms with Crippen LogP contribution in [0.25, 0.3) is 0 Å². The average molecular weight is 461 g/mol. The molecule has 3 nitrogen and oxygen atoms in total. The molecule has 33 heavy (non-hydrogen) atoms. The van der Waals surface area contributed by atoms with Crippen LogP contribution in [0.5, 0.6) is 0 Å². The third-order valence-electron chi connectivity index (χ3n) is 9.77. The molecule has 3 heteroatoms. The van der Waals surface area contributed by atoms with Gasteiger partial charge in [0.25, 0.3) is 0 Å². The van der Waals surface area contributed by atoms with Gasteiger partial charge in [-0.1, -0.05) is 67.0 Å². The molecule has 0 saturated heterocycles. The summed E-state index contributed by atoms with van der Waals surface area (Å²) in [5.41, 5.74) is 0.587. The standard InChI is InChI=1S/C25H38O3.C3H8.C2H6/c1-16(8-11-22(27)28-4)18-9-10-19-23-20(12-14-25(18,19)3)24(2)13-6-5-7-17(24)15-21(23)26;1-3-2;1-2/h5,7,16-20,23H,6,8-15H2,1-4H3;3H2,1-2H3;1-2H3/t16-,17+,18-,19?,20?,23?,24+,25-;;/m1../s1. The van der Waals surface area contributed by atoms with Crippen LogP contribution in [0.1, 0.15) is 113 Å². The normalized spacial score (nSPS) is 39.5. The van der Waals surface area contributed by atoms with E-state index in [9.17, 15) is 9.59 Å². The van der Waals surface area contributed by atoms with Gasteiger partial charge in [-0.3, -0.25) is 9.59 Å². The van der Waals surface area contributed by atoms with Crippen LogP contribution in [0, 0.1) is 46.3 Å². The average Bonchev–Trinajstić information content (AvgIpc) is 3.16. The van der Waals surface area contributed by atoms with E-state index in [2.05, 4.69) is 46.8 Å². The lowest BCUT2D eigenvalue weighted by Gasteiger charge is -2.59. The number of fused-ring (bicyclic) bond motifs is 5. The Bertz CT molecular complexity index is 682. The van der Waals surface area contributed by atoms with E-state index in [0.717, 1.165) is 12.8 Å². The molecular weight excluding hydrogens is 408 g/mol. The Kier molecular flexibility index (Phi) is 10.2. The number of Topliss-reactive ketones (excluding diaryl/α,β-unsaturated/α-hetero) is 1. The fraction of sp³-hybridized carbons (Fsp3) is 0.867. The maximum atomic E-state index is 13.3. The second kappa shape index (κ2) is 12.0. The summed E-state index contributed by atoms with van der Waals surface area (Å²) >= 11 is 0. The van der Waals surface area contributed by atoms with Crippen molar-refractivity contribution in [2.45, 2.75) is 113 Å². The van der Waals surface area contributed by atoms with Crippen molar-refractivity contribution in [2.24, 2.45) is 46.3 Å². The van der Waals surface area contributed by atoms with Crippen molar-refractivity contribution in [3.63, 3.8) is 0 Å². The fourth-order valence-electron chi connectivity index (χ4n) is 8.13. The van der Waals surface area contributed by atoms with Crippen LogP contribution in [-0.4, -0.2) is 18.9 Å². The summed E-state index contributed by atoms with van der Waals surface area (Å²) in [6, 6.07) is 0. The van der Waals surface area contributed by atoms with E-state index in [1.165, 1.54) is 52.1 Å². The zero-order valence-corrected chi connectivity index (χ0v) is 22.9. The SMILES string of the molecule is CC.CCC.COC(=O)CC[C@@H](C)[C@H]1CCC2C3C(=O)C[C@@H]4C=CCC[C@]4(C)C3CC[C@@]21C. The molecule has 0 radical (unpaired) electrons. The fourth-order valence-corrected chi connectivity index (χ4v) is 8.13. The van der Waals surface area contributed by atoms with E-state index in [4.69, 9.17) is 4.74 Å². The highest BCUT2D eigenvalue weighted by Gasteiger charge is 2.62. The van der Waals surface area contributed by atoms with Crippen LogP contribution in [0.2, 0.25) is 0 Å². The molecule has 0 N–H and O–H groups in total. The molecule has 0 bridgehead atoms.